The average molecular weight is 310 g/mol. The van der Waals surface area contributed by atoms with E-state index in [0.29, 0.717) is 34.4 Å². The number of esters is 1. The van der Waals surface area contributed by atoms with Gasteiger partial charge in [-0.3, -0.25) is 0 Å². The van der Waals surface area contributed by atoms with E-state index in [1.165, 1.54) is 7.11 Å². The Morgan fingerprint density at radius 1 is 1.33 bits per heavy atom. The highest BCUT2D eigenvalue weighted by molar-refractivity contribution is 6.32. The number of rotatable bonds is 5. The van der Waals surface area contributed by atoms with Crippen molar-refractivity contribution in [2.45, 2.75) is 13.5 Å². The molecule has 0 saturated carbocycles. The van der Waals surface area contributed by atoms with Gasteiger partial charge < -0.3 is 19.2 Å². The Bertz CT molecular complexity index is 651. The maximum Gasteiger partial charge on any atom is 0.341 e. The number of hydrogen-bond acceptors (Lipinski definition) is 5. The molecule has 2 aromatic rings. The molecule has 0 amide bonds. The first kappa shape index (κ1) is 15.3. The summed E-state index contributed by atoms with van der Waals surface area (Å²) in [6.07, 6.45) is 0. The van der Waals surface area contributed by atoms with Crippen LogP contribution >= 0.6 is 11.6 Å². The fourth-order valence-electron chi connectivity index (χ4n) is 1.90. The van der Waals surface area contributed by atoms with Crippen LogP contribution < -0.4 is 10.1 Å². The number of anilines is 1. The SMILES string of the molecule is COC(=O)c1cc(CNc2ccc(Cl)c(OC)c2)oc1C. The predicted molar refractivity (Wildman–Crippen MR) is 80.1 cm³/mol. The first-order valence-corrected chi connectivity index (χ1v) is 6.68. The van der Waals surface area contributed by atoms with Crippen molar-refractivity contribution in [1.29, 1.82) is 0 Å². The van der Waals surface area contributed by atoms with Crippen LogP contribution in [0.25, 0.3) is 0 Å². The van der Waals surface area contributed by atoms with E-state index in [4.69, 9.17) is 20.8 Å². The zero-order valence-corrected chi connectivity index (χ0v) is 12.8. The van der Waals surface area contributed by atoms with Crippen LogP contribution in [0, 0.1) is 6.92 Å². The lowest BCUT2D eigenvalue weighted by Crippen LogP contribution is -2.01. The highest BCUT2D eigenvalue weighted by atomic mass is 35.5. The topological polar surface area (TPSA) is 60.7 Å². The number of furan rings is 1. The van der Waals surface area contributed by atoms with Crippen molar-refractivity contribution in [1.82, 2.24) is 0 Å². The van der Waals surface area contributed by atoms with Crippen molar-refractivity contribution in [2.75, 3.05) is 19.5 Å². The smallest absolute Gasteiger partial charge is 0.341 e. The number of ether oxygens (including phenoxy) is 2. The monoisotopic (exact) mass is 309 g/mol. The van der Waals surface area contributed by atoms with Crippen LogP contribution in [-0.2, 0) is 11.3 Å². The van der Waals surface area contributed by atoms with Gasteiger partial charge in [0, 0.05) is 11.8 Å². The Kier molecular flexibility index (Phi) is 4.75. The summed E-state index contributed by atoms with van der Waals surface area (Å²) in [7, 11) is 2.90. The van der Waals surface area contributed by atoms with Gasteiger partial charge in [0.25, 0.3) is 0 Å². The normalized spacial score (nSPS) is 10.3. The maximum atomic E-state index is 11.5. The third-order valence-corrected chi connectivity index (χ3v) is 3.30. The van der Waals surface area contributed by atoms with Gasteiger partial charge >= 0.3 is 5.97 Å². The number of hydrogen-bond donors (Lipinski definition) is 1. The molecule has 5 nitrogen and oxygen atoms in total. The molecular weight excluding hydrogens is 294 g/mol. The van der Waals surface area contributed by atoms with Crippen molar-refractivity contribution in [2.24, 2.45) is 0 Å². The molecule has 1 N–H and O–H groups in total. The molecule has 0 unspecified atom stereocenters. The molecule has 21 heavy (non-hydrogen) atoms. The van der Waals surface area contributed by atoms with Gasteiger partial charge in [-0.1, -0.05) is 11.6 Å². The van der Waals surface area contributed by atoms with E-state index in [2.05, 4.69) is 10.1 Å². The van der Waals surface area contributed by atoms with Gasteiger partial charge in [0.1, 0.15) is 22.8 Å². The minimum atomic E-state index is -0.407. The molecule has 112 valence electrons. The molecule has 6 heteroatoms. The standard InChI is InChI=1S/C15H16ClNO4/c1-9-12(15(18)20-3)7-11(21-9)8-17-10-4-5-13(16)14(6-10)19-2/h4-7,17H,8H2,1-3H3. The Morgan fingerprint density at radius 3 is 2.76 bits per heavy atom. The van der Waals surface area contributed by atoms with Crippen molar-refractivity contribution in [3.63, 3.8) is 0 Å². The largest absolute Gasteiger partial charge is 0.495 e. The molecule has 1 heterocycles. The number of methoxy groups -OCH3 is 2. The van der Waals surface area contributed by atoms with Crippen molar-refractivity contribution < 1.29 is 18.7 Å². The highest BCUT2D eigenvalue weighted by Gasteiger charge is 2.15. The molecule has 0 spiro atoms. The van der Waals surface area contributed by atoms with Crippen molar-refractivity contribution in [3.8, 4) is 5.75 Å². The van der Waals surface area contributed by atoms with Gasteiger partial charge in [0.2, 0.25) is 0 Å². The lowest BCUT2D eigenvalue weighted by atomic mass is 10.2. The summed E-state index contributed by atoms with van der Waals surface area (Å²) in [6, 6.07) is 7.04. The van der Waals surface area contributed by atoms with E-state index in [1.54, 1.807) is 32.2 Å². The van der Waals surface area contributed by atoms with E-state index >= 15 is 0 Å². The molecule has 0 aliphatic carbocycles. The average Bonchev–Trinajstić information content (AvgIpc) is 2.86. The van der Waals surface area contributed by atoms with E-state index in [0.717, 1.165) is 5.69 Å². The Hall–Kier alpha value is -2.14. The van der Waals surface area contributed by atoms with Gasteiger partial charge in [-0.15, -0.1) is 0 Å². The molecule has 0 aliphatic heterocycles. The summed E-state index contributed by atoms with van der Waals surface area (Å²) in [4.78, 5) is 11.5. The minimum Gasteiger partial charge on any atom is -0.495 e. The zero-order chi connectivity index (χ0) is 15.4. The second kappa shape index (κ2) is 6.54. The molecule has 0 radical (unpaired) electrons. The van der Waals surface area contributed by atoms with Crippen LogP contribution in [0.15, 0.2) is 28.7 Å². The Morgan fingerprint density at radius 2 is 2.10 bits per heavy atom. The first-order chi connectivity index (χ1) is 10.0. The van der Waals surface area contributed by atoms with Gasteiger partial charge in [-0.25, -0.2) is 4.79 Å². The third kappa shape index (κ3) is 3.49. The molecule has 0 saturated heterocycles. The van der Waals surface area contributed by atoms with Crippen LogP contribution in [0.4, 0.5) is 5.69 Å². The second-order valence-electron chi connectivity index (χ2n) is 4.38. The number of aryl methyl sites for hydroxylation is 1. The first-order valence-electron chi connectivity index (χ1n) is 6.30. The summed E-state index contributed by atoms with van der Waals surface area (Å²) in [5.74, 6) is 1.36. The summed E-state index contributed by atoms with van der Waals surface area (Å²) < 4.78 is 15.4. The lowest BCUT2D eigenvalue weighted by molar-refractivity contribution is 0.0599. The summed E-state index contributed by atoms with van der Waals surface area (Å²) in [5.41, 5.74) is 1.27. The maximum absolute atomic E-state index is 11.5. The summed E-state index contributed by atoms with van der Waals surface area (Å²) in [6.45, 7) is 2.16. The van der Waals surface area contributed by atoms with Gasteiger partial charge in [-0.05, 0) is 25.1 Å². The van der Waals surface area contributed by atoms with E-state index in [-0.39, 0.29) is 0 Å². The van der Waals surface area contributed by atoms with Gasteiger partial charge in [-0.2, -0.15) is 0 Å². The Balaban J connectivity index is 2.08. The second-order valence-corrected chi connectivity index (χ2v) is 4.78. The number of carbonyl (C=O) groups is 1. The lowest BCUT2D eigenvalue weighted by Gasteiger charge is -2.08. The summed E-state index contributed by atoms with van der Waals surface area (Å²) in [5, 5.41) is 3.72. The minimum absolute atomic E-state index is 0.407. The van der Waals surface area contributed by atoms with Crippen molar-refractivity contribution in [3.05, 3.63) is 46.4 Å². The van der Waals surface area contributed by atoms with Crippen LogP contribution in [0.3, 0.4) is 0 Å². The van der Waals surface area contributed by atoms with Crippen LogP contribution in [0.1, 0.15) is 21.9 Å². The van der Waals surface area contributed by atoms with E-state index in [1.807, 2.05) is 6.07 Å². The molecule has 0 bridgehead atoms. The van der Waals surface area contributed by atoms with Crippen LogP contribution in [-0.4, -0.2) is 20.2 Å². The van der Waals surface area contributed by atoms with E-state index < -0.39 is 5.97 Å². The zero-order valence-electron chi connectivity index (χ0n) is 12.0. The van der Waals surface area contributed by atoms with Gasteiger partial charge in [0.05, 0.1) is 25.8 Å². The molecule has 1 aromatic carbocycles. The fourth-order valence-corrected chi connectivity index (χ4v) is 2.10. The van der Waals surface area contributed by atoms with Crippen molar-refractivity contribution >= 4 is 23.3 Å². The number of nitrogens with one attached hydrogen (secondary N) is 1. The number of carbonyl (C=O) groups excluding carboxylic acids is 1. The molecule has 0 aliphatic rings. The molecule has 0 atom stereocenters. The molecular formula is C15H16ClNO4. The molecule has 1 aromatic heterocycles. The van der Waals surface area contributed by atoms with Gasteiger partial charge in [0.15, 0.2) is 0 Å². The number of halogens is 1. The molecule has 0 fully saturated rings. The molecule has 2 rings (SSSR count). The third-order valence-electron chi connectivity index (χ3n) is 2.99. The Labute approximate surface area is 127 Å². The number of benzene rings is 1. The van der Waals surface area contributed by atoms with Crippen LogP contribution in [0.5, 0.6) is 5.75 Å². The predicted octanol–water partition coefficient (Wildman–Crippen LogP) is 3.65. The fraction of sp³-hybridized carbons (Fsp3) is 0.267. The highest BCUT2D eigenvalue weighted by Crippen LogP contribution is 2.27. The quantitative estimate of drug-likeness (QED) is 0.854. The van der Waals surface area contributed by atoms with Crippen LogP contribution in [0.2, 0.25) is 5.02 Å². The van der Waals surface area contributed by atoms with E-state index in [9.17, 15) is 4.79 Å². The summed E-state index contributed by atoms with van der Waals surface area (Å²) >= 11 is 5.97.